The van der Waals surface area contributed by atoms with Crippen molar-refractivity contribution in [2.24, 2.45) is 0 Å². The van der Waals surface area contributed by atoms with Crippen molar-refractivity contribution in [3.05, 3.63) is 24.3 Å². The summed E-state index contributed by atoms with van der Waals surface area (Å²) in [6, 6.07) is 6.87. The summed E-state index contributed by atoms with van der Waals surface area (Å²) in [5, 5.41) is 0. The number of methoxy groups -OCH3 is 1. The maximum atomic E-state index is 11.6. The van der Waals surface area contributed by atoms with Crippen molar-refractivity contribution in [2.45, 2.75) is 11.8 Å². The second-order valence-electron chi connectivity index (χ2n) is 2.64. The van der Waals surface area contributed by atoms with Gasteiger partial charge in [-0.3, -0.25) is 0 Å². The zero-order valence-corrected chi connectivity index (χ0v) is 8.56. The number of hydrogen-bond donors (Lipinski definition) is 1. The van der Waals surface area contributed by atoms with Gasteiger partial charge < -0.3 is 4.74 Å². The summed E-state index contributed by atoms with van der Waals surface area (Å²) in [6.45, 7) is 1.74. The number of benzene rings is 1. The maximum absolute atomic E-state index is 11.6. The molecule has 0 aliphatic heterocycles. The van der Waals surface area contributed by atoms with Crippen molar-refractivity contribution in [1.29, 1.82) is 4.78 Å². The molecule has 0 saturated heterocycles. The van der Waals surface area contributed by atoms with Gasteiger partial charge in [0.1, 0.15) is 5.75 Å². The SMILES string of the molecule is CCS(=N)(=O)c1cccc(OC)c1. The fraction of sp³-hybridized carbons (Fsp3) is 0.333. The molecule has 0 bridgehead atoms. The van der Waals surface area contributed by atoms with Crippen LogP contribution in [0, 0.1) is 4.78 Å². The van der Waals surface area contributed by atoms with E-state index in [1.54, 1.807) is 38.3 Å². The molecule has 0 radical (unpaired) electrons. The van der Waals surface area contributed by atoms with E-state index in [1.165, 1.54) is 0 Å². The number of ether oxygens (including phenoxy) is 1. The lowest BCUT2D eigenvalue weighted by Crippen LogP contribution is -2.01. The summed E-state index contributed by atoms with van der Waals surface area (Å²) in [7, 11) is -1.06. The van der Waals surface area contributed by atoms with Crippen LogP contribution in [0.5, 0.6) is 5.75 Å². The summed E-state index contributed by atoms with van der Waals surface area (Å²) in [6.07, 6.45) is 0. The first-order valence-electron chi connectivity index (χ1n) is 4.00. The summed E-state index contributed by atoms with van der Waals surface area (Å²) < 4.78 is 24.2. The van der Waals surface area contributed by atoms with Crippen molar-refractivity contribution in [3.8, 4) is 5.75 Å². The average Bonchev–Trinajstić information content (AvgIpc) is 2.18. The third kappa shape index (κ3) is 2.21. The molecule has 0 aliphatic rings. The van der Waals surface area contributed by atoms with E-state index in [4.69, 9.17) is 9.52 Å². The predicted molar refractivity (Wildman–Crippen MR) is 52.7 cm³/mol. The molecule has 1 atom stereocenters. The first-order chi connectivity index (χ1) is 6.10. The number of nitrogens with one attached hydrogen (secondary N) is 1. The van der Waals surface area contributed by atoms with E-state index in [0.717, 1.165) is 0 Å². The van der Waals surface area contributed by atoms with E-state index < -0.39 is 9.73 Å². The Morgan fingerprint density at radius 1 is 1.54 bits per heavy atom. The predicted octanol–water partition coefficient (Wildman–Crippen LogP) is 2.12. The standard InChI is InChI=1S/C9H13NO2S/c1-3-13(10,11)9-6-4-5-8(7-9)12-2/h4-7,10H,3H2,1-2H3. The van der Waals surface area contributed by atoms with Crippen LogP contribution >= 0.6 is 0 Å². The molecule has 3 nitrogen and oxygen atoms in total. The highest BCUT2D eigenvalue weighted by Gasteiger charge is 2.07. The third-order valence-corrected chi connectivity index (χ3v) is 3.66. The van der Waals surface area contributed by atoms with Gasteiger partial charge >= 0.3 is 0 Å². The Hall–Kier alpha value is -1.03. The van der Waals surface area contributed by atoms with Gasteiger partial charge in [0.2, 0.25) is 0 Å². The Kier molecular flexibility index (Phi) is 2.93. The second kappa shape index (κ2) is 3.79. The highest BCUT2D eigenvalue weighted by molar-refractivity contribution is 7.92. The molecule has 1 rings (SSSR count). The topological polar surface area (TPSA) is 50.2 Å². The van der Waals surface area contributed by atoms with E-state index in [1.807, 2.05) is 0 Å². The lowest BCUT2D eigenvalue weighted by Gasteiger charge is -2.05. The Labute approximate surface area is 78.7 Å². The molecule has 4 heteroatoms. The Morgan fingerprint density at radius 2 is 2.23 bits per heavy atom. The van der Waals surface area contributed by atoms with Crippen molar-refractivity contribution in [2.75, 3.05) is 12.9 Å². The lowest BCUT2D eigenvalue weighted by molar-refractivity contribution is 0.413. The Balaban J connectivity index is 3.17. The Bertz CT molecular complexity index is 384. The van der Waals surface area contributed by atoms with Crippen LogP contribution in [0.3, 0.4) is 0 Å². The van der Waals surface area contributed by atoms with Gasteiger partial charge in [-0.05, 0) is 18.2 Å². The van der Waals surface area contributed by atoms with Gasteiger partial charge in [0, 0.05) is 5.75 Å². The molecular formula is C9H13NO2S. The number of rotatable bonds is 3. The minimum atomic E-state index is -2.61. The van der Waals surface area contributed by atoms with Crippen molar-refractivity contribution in [3.63, 3.8) is 0 Å². The van der Waals surface area contributed by atoms with Gasteiger partial charge in [-0.25, -0.2) is 8.99 Å². The van der Waals surface area contributed by atoms with Gasteiger partial charge in [-0.1, -0.05) is 13.0 Å². The molecule has 13 heavy (non-hydrogen) atoms. The molecule has 0 fully saturated rings. The minimum Gasteiger partial charge on any atom is -0.497 e. The maximum Gasteiger partial charge on any atom is 0.120 e. The first-order valence-corrected chi connectivity index (χ1v) is 5.73. The molecule has 0 spiro atoms. The molecular weight excluding hydrogens is 186 g/mol. The molecule has 0 aliphatic carbocycles. The highest BCUT2D eigenvalue weighted by atomic mass is 32.2. The van der Waals surface area contributed by atoms with Crippen LogP contribution < -0.4 is 4.74 Å². The normalized spacial score (nSPS) is 14.9. The summed E-state index contributed by atoms with van der Waals surface area (Å²) in [5.74, 6) is 0.978. The first kappa shape index (κ1) is 10.1. The molecule has 0 aromatic heterocycles. The van der Waals surface area contributed by atoms with Crippen molar-refractivity contribution < 1.29 is 8.95 Å². The molecule has 0 amide bonds. The quantitative estimate of drug-likeness (QED) is 0.810. The average molecular weight is 199 g/mol. The van der Waals surface area contributed by atoms with Crippen molar-refractivity contribution in [1.82, 2.24) is 0 Å². The minimum absolute atomic E-state index is 0.333. The van der Waals surface area contributed by atoms with E-state index in [2.05, 4.69) is 0 Å². The van der Waals surface area contributed by atoms with Crippen LogP contribution in [0.2, 0.25) is 0 Å². The zero-order valence-electron chi connectivity index (χ0n) is 7.74. The molecule has 1 aromatic rings. The van der Waals surface area contributed by atoms with Crippen LogP contribution in [-0.4, -0.2) is 17.1 Å². The van der Waals surface area contributed by atoms with Gasteiger partial charge in [-0.15, -0.1) is 0 Å². The van der Waals surface area contributed by atoms with Crippen LogP contribution in [-0.2, 0) is 9.73 Å². The van der Waals surface area contributed by atoms with E-state index in [-0.39, 0.29) is 0 Å². The van der Waals surface area contributed by atoms with Gasteiger partial charge in [0.25, 0.3) is 0 Å². The van der Waals surface area contributed by atoms with Gasteiger partial charge in [0.15, 0.2) is 0 Å². The van der Waals surface area contributed by atoms with Gasteiger partial charge in [-0.2, -0.15) is 0 Å². The van der Waals surface area contributed by atoms with Crippen LogP contribution in [0.1, 0.15) is 6.92 Å². The van der Waals surface area contributed by atoms with Crippen molar-refractivity contribution >= 4 is 9.73 Å². The lowest BCUT2D eigenvalue weighted by atomic mass is 10.3. The second-order valence-corrected chi connectivity index (χ2v) is 5.04. The largest absolute Gasteiger partial charge is 0.497 e. The van der Waals surface area contributed by atoms with E-state index in [0.29, 0.717) is 16.4 Å². The summed E-state index contributed by atoms with van der Waals surface area (Å²) in [5.41, 5.74) is 0. The molecule has 72 valence electrons. The molecule has 0 saturated carbocycles. The van der Waals surface area contributed by atoms with Gasteiger partial charge in [0.05, 0.1) is 21.7 Å². The third-order valence-electron chi connectivity index (χ3n) is 1.83. The van der Waals surface area contributed by atoms with Crippen LogP contribution in [0.15, 0.2) is 29.2 Å². The molecule has 1 unspecified atom stereocenters. The smallest absolute Gasteiger partial charge is 0.120 e. The number of hydrogen-bond acceptors (Lipinski definition) is 3. The molecule has 0 heterocycles. The molecule has 1 aromatic carbocycles. The fourth-order valence-corrected chi connectivity index (χ4v) is 1.91. The van der Waals surface area contributed by atoms with Crippen LogP contribution in [0.25, 0.3) is 0 Å². The van der Waals surface area contributed by atoms with E-state index >= 15 is 0 Å². The summed E-state index contributed by atoms with van der Waals surface area (Å²) in [4.78, 5) is 0.536. The fourth-order valence-electron chi connectivity index (χ4n) is 0.973. The monoisotopic (exact) mass is 199 g/mol. The molecule has 1 N–H and O–H groups in total. The Morgan fingerprint density at radius 3 is 2.77 bits per heavy atom. The zero-order chi connectivity index (χ0) is 9.90. The summed E-state index contributed by atoms with van der Waals surface area (Å²) >= 11 is 0. The van der Waals surface area contributed by atoms with E-state index in [9.17, 15) is 4.21 Å². The van der Waals surface area contributed by atoms with Crippen LogP contribution in [0.4, 0.5) is 0 Å². The highest BCUT2D eigenvalue weighted by Crippen LogP contribution is 2.18.